The van der Waals surface area contributed by atoms with Gasteiger partial charge in [-0.25, -0.2) is 13.9 Å². The van der Waals surface area contributed by atoms with Gasteiger partial charge in [0.1, 0.15) is 16.5 Å². The second-order valence-corrected chi connectivity index (χ2v) is 6.44. The van der Waals surface area contributed by atoms with Gasteiger partial charge in [0.05, 0.1) is 11.4 Å². The zero-order valence-corrected chi connectivity index (χ0v) is 16.2. The van der Waals surface area contributed by atoms with Gasteiger partial charge in [0.15, 0.2) is 6.61 Å². The van der Waals surface area contributed by atoms with Gasteiger partial charge in [-0.05, 0) is 45.0 Å². The number of hydrogen-bond acceptors (Lipinski definition) is 4. The highest BCUT2D eigenvalue weighted by Gasteiger charge is 2.24. The second kappa shape index (κ2) is 8.81. The van der Waals surface area contributed by atoms with E-state index in [1.165, 1.54) is 33.8 Å². The number of amides is 1. The third-order valence-corrected chi connectivity index (χ3v) is 4.15. The molecule has 1 amide bonds. The second-order valence-electron chi connectivity index (χ2n) is 6.08. The van der Waals surface area contributed by atoms with E-state index in [1.54, 1.807) is 6.92 Å². The Morgan fingerprint density at radius 3 is 2.52 bits per heavy atom. The Balaban J connectivity index is 2.14. The van der Waals surface area contributed by atoms with Crippen LogP contribution in [-0.4, -0.2) is 46.3 Å². The van der Waals surface area contributed by atoms with Gasteiger partial charge >= 0.3 is 5.97 Å². The van der Waals surface area contributed by atoms with Crippen LogP contribution in [0.3, 0.4) is 0 Å². The number of ether oxygens (including phenoxy) is 1. The van der Waals surface area contributed by atoms with Crippen LogP contribution < -0.4 is 0 Å². The number of halogens is 2. The molecule has 2 rings (SSSR count). The summed E-state index contributed by atoms with van der Waals surface area (Å²) < 4.78 is 19.5. The molecule has 27 heavy (non-hydrogen) atoms. The molecule has 1 heterocycles. The lowest BCUT2D eigenvalue weighted by Gasteiger charge is -2.20. The Hall–Kier alpha value is -2.67. The van der Waals surface area contributed by atoms with Gasteiger partial charge in [-0.1, -0.05) is 23.8 Å². The van der Waals surface area contributed by atoms with Crippen molar-refractivity contribution in [3.05, 3.63) is 58.6 Å². The molecule has 0 fully saturated rings. The summed E-state index contributed by atoms with van der Waals surface area (Å²) in [6.07, 6.45) is 0. The minimum Gasteiger partial charge on any atom is -0.452 e. The highest BCUT2D eigenvalue weighted by Crippen LogP contribution is 2.24. The smallest absolute Gasteiger partial charge is 0.343 e. The Morgan fingerprint density at radius 1 is 1.33 bits per heavy atom. The monoisotopic (exact) mass is 393 g/mol. The molecule has 0 spiro atoms. The van der Waals surface area contributed by atoms with E-state index >= 15 is 0 Å². The molecule has 1 aromatic heterocycles. The predicted octanol–water partition coefficient (Wildman–Crippen LogP) is 3.55. The van der Waals surface area contributed by atoms with Crippen molar-refractivity contribution >= 4 is 23.5 Å². The van der Waals surface area contributed by atoms with Crippen LogP contribution in [0.1, 0.15) is 29.9 Å². The number of benzene rings is 1. The zero-order valence-electron chi connectivity index (χ0n) is 15.5. The first-order valence-corrected chi connectivity index (χ1v) is 8.72. The molecular formula is C19H21ClFN3O3. The first kappa shape index (κ1) is 20.6. The van der Waals surface area contributed by atoms with Crippen molar-refractivity contribution < 1.29 is 18.7 Å². The summed E-state index contributed by atoms with van der Waals surface area (Å²) in [5, 5.41) is 4.24. The van der Waals surface area contributed by atoms with E-state index in [2.05, 4.69) is 11.7 Å². The minimum absolute atomic E-state index is 0.0332. The van der Waals surface area contributed by atoms with Crippen LogP contribution >= 0.6 is 11.6 Å². The normalized spacial score (nSPS) is 10.6. The van der Waals surface area contributed by atoms with Gasteiger partial charge < -0.3 is 9.64 Å². The number of nitrogens with zero attached hydrogens (tertiary/aromatic N) is 3. The fraction of sp³-hybridized carbons (Fsp3) is 0.316. The van der Waals surface area contributed by atoms with Crippen molar-refractivity contribution in [1.82, 2.24) is 14.7 Å². The van der Waals surface area contributed by atoms with E-state index < -0.39 is 18.4 Å². The van der Waals surface area contributed by atoms with Crippen molar-refractivity contribution in [2.75, 3.05) is 19.7 Å². The molecule has 0 aliphatic carbocycles. The van der Waals surface area contributed by atoms with Gasteiger partial charge in [0, 0.05) is 13.1 Å². The van der Waals surface area contributed by atoms with E-state index in [9.17, 15) is 14.0 Å². The van der Waals surface area contributed by atoms with E-state index in [0.29, 0.717) is 24.5 Å². The number of aromatic nitrogens is 2. The van der Waals surface area contributed by atoms with E-state index in [0.717, 1.165) is 5.57 Å². The fourth-order valence-electron chi connectivity index (χ4n) is 2.48. The predicted molar refractivity (Wildman–Crippen MR) is 101 cm³/mol. The van der Waals surface area contributed by atoms with Crippen LogP contribution in [0.25, 0.3) is 5.69 Å². The molecule has 6 nitrogen and oxygen atoms in total. The van der Waals surface area contributed by atoms with Crippen molar-refractivity contribution in [1.29, 1.82) is 0 Å². The highest BCUT2D eigenvalue weighted by molar-refractivity contribution is 6.33. The van der Waals surface area contributed by atoms with Crippen LogP contribution in [0.4, 0.5) is 4.39 Å². The Morgan fingerprint density at radius 2 is 1.96 bits per heavy atom. The number of carbonyl (C=O) groups excluding carboxylic acids is 2. The summed E-state index contributed by atoms with van der Waals surface area (Å²) in [5.74, 6) is -1.47. The molecule has 0 N–H and O–H groups in total. The third kappa shape index (κ3) is 4.95. The number of esters is 1. The van der Waals surface area contributed by atoms with Crippen molar-refractivity contribution in [3.8, 4) is 5.69 Å². The molecule has 0 aliphatic heterocycles. The molecular weight excluding hydrogens is 373 g/mol. The molecule has 2 aromatic rings. The lowest BCUT2D eigenvalue weighted by molar-refractivity contribution is -0.133. The van der Waals surface area contributed by atoms with Gasteiger partial charge in [-0.15, -0.1) is 0 Å². The molecule has 0 unspecified atom stereocenters. The maximum atomic E-state index is 13.1. The summed E-state index contributed by atoms with van der Waals surface area (Å²) in [6, 6.07) is 5.51. The molecule has 1 aromatic carbocycles. The zero-order chi connectivity index (χ0) is 20.1. The topological polar surface area (TPSA) is 64.4 Å². The van der Waals surface area contributed by atoms with Gasteiger partial charge in [-0.3, -0.25) is 4.79 Å². The molecule has 8 heteroatoms. The SMILES string of the molecule is C=C(C)CN(CC)C(=O)COC(=O)c1c(C)nn(-c2ccc(F)cc2)c1Cl. The van der Waals surface area contributed by atoms with Crippen LogP contribution in [0.15, 0.2) is 36.4 Å². The Labute approximate surface area is 162 Å². The maximum Gasteiger partial charge on any atom is 0.343 e. The summed E-state index contributed by atoms with van der Waals surface area (Å²) in [7, 11) is 0. The van der Waals surface area contributed by atoms with Crippen molar-refractivity contribution in [2.45, 2.75) is 20.8 Å². The number of aryl methyl sites for hydroxylation is 1. The lowest BCUT2D eigenvalue weighted by atomic mass is 10.2. The van der Waals surface area contributed by atoms with Crippen LogP contribution in [0.2, 0.25) is 5.15 Å². The van der Waals surface area contributed by atoms with Crippen molar-refractivity contribution in [2.24, 2.45) is 0 Å². The summed E-state index contributed by atoms with van der Waals surface area (Å²) in [5.41, 5.74) is 1.74. The third-order valence-electron chi connectivity index (χ3n) is 3.80. The van der Waals surface area contributed by atoms with Crippen molar-refractivity contribution in [3.63, 3.8) is 0 Å². The van der Waals surface area contributed by atoms with Gasteiger partial charge in [-0.2, -0.15) is 5.10 Å². The molecule has 0 saturated carbocycles. The highest BCUT2D eigenvalue weighted by atomic mass is 35.5. The molecule has 0 aliphatic rings. The summed E-state index contributed by atoms with van der Waals surface area (Å²) >= 11 is 6.27. The Bertz CT molecular complexity index is 862. The van der Waals surface area contributed by atoms with Crippen LogP contribution in [-0.2, 0) is 9.53 Å². The molecule has 0 radical (unpaired) electrons. The number of likely N-dealkylation sites (N-methyl/N-ethyl adjacent to an activating group) is 1. The van der Waals surface area contributed by atoms with E-state index in [4.69, 9.17) is 16.3 Å². The molecule has 144 valence electrons. The quantitative estimate of drug-likeness (QED) is 0.533. The minimum atomic E-state index is -0.745. The van der Waals surface area contributed by atoms with Crippen LogP contribution in [0.5, 0.6) is 0 Å². The molecule has 0 atom stereocenters. The number of carbonyl (C=O) groups is 2. The van der Waals surface area contributed by atoms with E-state index in [-0.39, 0.29) is 16.6 Å². The first-order valence-electron chi connectivity index (χ1n) is 8.35. The Kier molecular flexibility index (Phi) is 6.74. The summed E-state index contributed by atoms with van der Waals surface area (Å²) in [6.45, 7) is 9.49. The summed E-state index contributed by atoms with van der Waals surface area (Å²) in [4.78, 5) is 26.1. The largest absolute Gasteiger partial charge is 0.452 e. The number of rotatable bonds is 7. The first-order chi connectivity index (χ1) is 12.7. The maximum absolute atomic E-state index is 13.1. The van der Waals surface area contributed by atoms with Crippen LogP contribution in [0, 0.1) is 12.7 Å². The molecule has 0 bridgehead atoms. The average Bonchev–Trinajstić information content (AvgIpc) is 2.92. The molecule has 0 saturated heterocycles. The number of hydrogen-bond donors (Lipinski definition) is 0. The fourth-order valence-corrected chi connectivity index (χ4v) is 2.83. The van der Waals surface area contributed by atoms with Gasteiger partial charge in [0.25, 0.3) is 5.91 Å². The average molecular weight is 394 g/mol. The van der Waals surface area contributed by atoms with Gasteiger partial charge in [0.2, 0.25) is 0 Å². The lowest BCUT2D eigenvalue weighted by Crippen LogP contribution is -2.35. The van der Waals surface area contributed by atoms with E-state index in [1.807, 2.05) is 13.8 Å². The standard InChI is InChI=1S/C19H21ClFN3O3/c1-5-23(10-12(2)3)16(25)11-27-19(26)17-13(4)22-24(18(17)20)15-8-6-14(21)7-9-15/h6-9H,2,5,10-11H2,1,3-4H3.